The fraction of sp³-hybridized carbons (Fsp3) is 0.400. The standard InChI is InChI=1S/C30H34N2O3/c33-29(16-10-22-8-4-5-9-22)31-26-14-12-24(13-15-26)28-20-25-21-32(19-18-27(25)35-28)30(34)17-11-23-6-2-1-3-7-23/h1-3,6-7,12-15,20,22H,4-5,8-11,16-19,21H2,(H,31,33). The van der Waals surface area contributed by atoms with Crippen LogP contribution in [0.2, 0.25) is 0 Å². The molecular weight excluding hydrogens is 436 g/mol. The van der Waals surface area contributed by atoms with Gasteiger partial charge in [0.05, 0.1) is 0 Å². The normalized spacial score (nSPS) is 15.7. The predicted molar refractivity (Wildman–Crippen MR) is 138 cm³/mol. The molecule has 1 fully saturated rings. The van der Waals surface area contributed by atoms with E-state index in [0.717, 1.165) is 53.5 Å². The van der Waals surface area contributed by atoms with E-state index in [-0.39, 0.29) is 11.8 Å². The first-order valence-corrected chi connectivity index (χ1v) is 13.0. The Kier molecular flexibility index (Phi) is 7.31. The second-order valence-corrected chi connectivity index (χ2v) is 9.92. The van der Waals surface area contributed by atoms with Gasteiger partial charge in [0.2, 0.25) is 11.8 Å². The summed E-state index contributed by atoms with van der Waals surface area (Å²) in [6.45, 7) is 1.29. The maximum absolute atomic E-state index is 12.8. The van der Waals surface area contributed by atoms with Crippen molar-refractivity contribution in [3.63, 3.8) is 0 Å². The molecular formula is C30H34N2O3. The van der Waals surface area contributed by atoms with Gasteiger partial charge in [-0.15, -0.1) is 0 Å². The summed E-state index contributed by atoms with van der Waals surface area (Å²) in [5.74, 6) is 2.79. The largest absolute Gasteiger partial charge is 0.461 e. The van der Waals surface area contributed by atoms with Crippen molar-refractivity contribution in [1.82, 2.24) is 4.90 Å². The Morgan fingerprint density at radius 1 is 0.971 bits per heavy atom. The van der Waals surface area contributed by atoms with E-state index in [1.807, 2.05) is 47.4 Å². The molecule has 1 aliphatic heterocycles. The summed E-state index contributed by atoms with van der Waals surface area (Å²) in [7, 11) is 0. The van der Waals surface area contributed by atoms with Crippen LogP contribution in [0.5, 0.6) is 0 Å². The molecule has 182 valence electrons. The van der Waals surface area contributed by atoms with Gasteiger partial charge < -0.3 is 14.6 Å². The number of anilines is 1. The fourth-order valence-corrected chi connectivity index (χ4v) is 5.32. The number of amides is 2. The van der Waals surface area contributed by atoms with Crippen molar-refractivity contribution in [3.05, 3.63) is 77.6 Å². The van der Waals surface area contributed by atoms with Gasteiger partial charge >= 0.3 is 0 Å². The SMILES string of the molecule is O=C(CCC1CCCC1)Nc1ccc(-c2cc3c(o2)CCN(C(=O)CCc2ccccc2)C3)cc1. The second-order valence-electron chi connectivity index (χ2n) is 9.92. The molecule has 0 spiro atoms. The highest BCUT2D eigenvalue weighted by Crippen LogP contribution is 2.31. The number of nitrogens with one attached hydrogen (secondary N) is 1. The lowest BCUT2D eigenvalue weighted by Crippen LogP contribution is -2.35. The van der Waals surface area contributed by atoms with Gasteiger partial charge in [0, 0.05) is 49.2 Å². The highest BCUT2D eigenvalue weighted by Gasteiger charge is 2.24. The van der Waals surface area contributed by atoms with E-state index in [1.165, 1.54) is 31.2 Å². The monoisotopic (exact) mass is 470 g/mol. The maximum Gasteiger partial charge on any atom is 0.224 e. The number of furan rings is 1. The molecule has 35 heavy (non-hydrogen) atoms. The van der Waals surface area contributed by atoms with E-state index in [1.54, 1.807) is 0 Å². The van der Waals surface area contributed by atoms with Crippen molar-refractivity contribution < 1.29 is 14.0 Å². The summed E-state index contributed by atoms with van der Waals surface area (Å²) in [4.78, 5) is 27.0. The Labute approximate surface area is 207 Å². The van der Waals surface area contributed by atoms with Crippen LogP contribution in [0.3, 0.4) is 0 Å². The molecule has 3 aromatic rings. The van der Waals surface area contributed by atoms with Crippen molar-refractivity contribution >= 4 is 17.5 Å². The van der Waals surface area contributed by atoms with Gasteiger partial charge in [-0.2, -0.15) is 0 Å². The van der Waals surface area contributed by atoms with E-state index in [9.17, 15) is 9.59 Å². The van der Waals surface area contributed by atoms with Crippen molar-refractivity contribution in [1.29, 1.82) is 0 Å². The van der Waals surface area contributed by atoms with Crippen LogP contribution in [-0.2, 0) is 29.0 Å². The molecule has 0 atom stereocenters. The van der Waals surface area contributed by atoms with E-state index in [0.29, 0.717) is 25.9 Å². The molecule has 0 bridgehead atoms. The van der Waals surface area contributed by atoms with Crippen LogP contribution >= 0.6 is 0 Å². The topological polar surface area (TPSA) is 62.6 Å². The van der Waals surface area contributed by atoms with E-state index < -0.39 is 0 Å². The quantitative estimate of drug-likeness (QED) is 0.416. The lowest BCUT2D eigenvalue weighted by atomic mass is 10.0. The first-order chi connectivity index (χ1) is 17.1. The molecule has 0 saturated heterocycles. The zero-order valence-corrected chi connectivity index (χ0v) is 20.3. The van der Waals surface area contributed by atoms with Gasteiger partial charge in [-0.05, 0) is 54.7 Å². The van der Waals surface area contributed by atoms with Crippen LogP contribution in [0.15, 0.2) is 65.1 Å². The van der Waals surface area contributed by atoms with Crippen LogP contribution in [0.1, 0.15) is 61.8 Å². The van der Waals surface area contributed by atoms with Gasteiger partial charge in [0.1, 0.15) is 11.5 Å². The molecule has 5 nitrogen and oxygen atoms in total. The van der Waals surface area contributed by atoms with Gasteiger partial charge in [0.15, 0.2) is 0 Å². The number of benzene rings is 2. The Morgan fingerprint density at radius 3 is 2.51 bits per heavy atom. The van der Waals surface area contributed by atoms with Crippen molar-refractivity contribution in [2.24, 2.45) is 5.92 Å². The molecule has 1 aromatic heterocycles. The van der Waals surface area contributed by atoms with Crippen molar-refractivity contribution in [2.45, 2.75) is 64.3 Å². The van der Waals surface area contributed by atoms with Crippen molar-refractivity contribution in [2.75, 3.05) is 11.9 Å². The summed E-state index contributed by atoms with van der Waals surface area (Å²) in [6, 6.07) is 20.0. The Morgan fingerprint density at radius 2 is 1.74 bits per heavy atom. The average Bonchev–Trinajstić information content (AvgIpc) is 3.57. The molecule has 2 aromatic carbocycles. The summed E-state index contributed by atoms with van der Waals surface area (Å²) < 4.78 is 6.14. The number of carbonyl (C=O) groups is 2. The lowest BCUT2D eigenvalue weighted by Gasteiger charge is -2.26. The van der Waals surface area contributed by atoms with Crippen LogP contribution in [0, 0.1) is 5.92 Å². The molecule has 1 N–H and O–H groups in total. The van der Waals surface area contributed by atoms with Crippen LogP contribution in [-0.4, -0.2) is 23.3 Å². The third kappa shape index (κ3) is 6.02. The van der Waals surface area contributed by atoms with Gasteiger partial charge in [0.25, 0.3) is 0 Å². The third-order valence-corrected chi connectivity index (χ3v) is 7.40. The molecule has 2 aliphatic rings. The molecule has 5 rings (SSSR count). The number of hydrogen-bond acceptors (Lipinski definition) is 3. The first kappa shape index (κ1) is 23.4. The Balaban J connectivity index is 1.14. The molecule has 1 aliphatic carbocycles. The van der Waals surface area contributed by atoms with Gasteiger partial charge in [-0.1, -0.05) is 56.0 Å². The average molecular weight is 471 g/mol. The zero-order chi connectivity index (χ0) is 24.0. The summed E-state index contributed by atoms with van der Waals surface area (Å²) in [6.07, 6.45) is 8.79. The van der Waals surface area contributed by atoms with E-state index >= 15 is 0 Å². The van der Waals surface area contributed by atoms with Crippen LogP contribution in [0.25, 0.3) is 11.3 Å². The number of carbonyl (C=O) groups excluding carboxylic acids is 2. The van der Waals surface area contributed by atoms with Gasteiger partial charge in [-0.25, -0.2) is 0 Å². The highest BCUT2D eigenvalue weighted by molar-refractivity contribution is 5.90. The number of rotatable bonds is 8. The number of aryl methyl sites for hydroxylation is 1. The van der Waals surface area contributed by atoms with Crippen LogP contribution in [0.4, 0.5) is 5.69 Å². The molecule has 5 heteroatoms. The first-order valence-electron chi connectivity index (χ1n) is 13.0. The van der Waals surface area contributed by atoms with Gasteiger partial charge in [-0.3, -0.25) is 9.59 Å². The summed E-state index contributed by atoms with van der Waals surface area (Å²) in [5.41, 5.74) is 4.07. The lowest BCUT2D eigenvalue weighted by molar-refractivity contribution is -0.132. The Hall–Kier alpha value is -3.34. The minimum Gasteiger partial charge on any atom is -0.461 e. The molecule has 2 amide bonds. The molecule has 1 saturated carbocycles. The van der Waals surface area contributed by atoms with E-state index in [4.69, 9.17) is 4.42 Å². The number of hydrogen-bond donors (Lipinski definition) is 1. The summed E-state index contributed by atoms with van der Waals surface area (Å²) in [5, 5.41) is 3.02. The third-order valence-electron chi connectivity index (χ3n) is 7.40. The van der Waals surface area contributed by atoms with Crippen LogP contribution < -0.4 is 5.32 Å². The minimum absolute atomic E-state index is 0.0927. The van der Waals surface area contributed by atoms with Crippen molar-refractivity contribution in [3.8, 4) is 11.3 Å². The Bertz CT molecular complexity index is 1140. The fourth-order valence-electron chi connectivity index (χ4n) is 5.32. The highest BCUT2D eigenvalue weighted by atomic mass is 16.3. The summed E-state index contributed by atoms with van der Waals surface area (Å²) >= 11 is 0. The minimum atomic E-state index is 0.0927. The maximum atomic E-state index is 12.8. The second kappa shape index (κ2) is 10.9. The molecule has 0 unspecified atom stereocenters. The van der Waals surface area contributed by atoms with E-state index in [2.05, 4.69) is 23.5 Å². The number of nitrogens with zero attached hydrogens (tertiary/aromatic N) is 1. The number of fused-ring (bicyclic) bond motifs is 1. The molecule has 2 heterocycles. The predicted octanol–water partition coefficient (Wildman–Crippen LogP) is 6.37. The smallest absolute Gasteiger partial charge is 0.224 e. The zero-order valence-electron chi connectivity index (χ0n) is 20.3. The molecule has 0 radical (unpaired) electrons.